The highest BCUT2D eigenvalue weighted by Gasteiger charge is 2.23. The fourth-order valence-electron chi connectivity index (χ4n) is 4.26. The van der Waals surface area contributed by atoms with Gasteiger partial charge >= 0.3 is 0 Å². The van der Waals surface area contributed by atoms with Crippen molar-refractivity contribution in [1.29, 1.82) is 0 Å². The molecule has 11 heteroatoms. The molecule has 196 valence electrons. The molecule has 4 N–H and O–H groups in total. The molecule has 1 atom stereocenters. The lowest BCUT2D eigenvalue weighted by Crippen LogP contribution is -2.33. The van der Waals surface area contributed by atoms with Crippen molar-refractivity contribution in [2.75, 3.05) is 5.32 Å². The van der Waals surface area contributed by atoms with E-state index in [1.165, 1.54) is 24.5 Å². The maximum absolute atomic E-state index is 16.1. The van der Waals surface area contributed by atoms with Crippen LogP contribution in [0.2, 0.25) is 0 Å². The summed E-state index contributed by atoms with van der Waals surface area (Å²) in [6.45, 7) is 5.69. The second-order valence-corrected chi connectivity index (χ2v) is 10.3. The normalized spacial score (nSPS) is 12.8. The van der Waals surface area contributed by atoms with Gasteiger partial charge in [-0.25, -0.2) is 18.7 Å². The molecular weight excluding hydrogens is 502 g/mol. The minimum atomic E-state index is -0.833. The molecule has 0 aliphatic carbocycles. The van der Waals surface area contributed by atoms with E-state index < -0.39 is 17.5 Å². The largest absolute Gasteiger partial charge is 0.373 e. The molecule has 6 aromatic rings. The van der Waals surface area contributed by atoms with Crippen LogP contribution in [0.4, 0.5) is 14.5 Å². The summed E-state index contributed by atoms with van der Waals surface area (Å²) < 4.78 is 29.9. The molecule has 0 bridgehead atoms. The molecule has 5 aromatic heterocycles. The molecular formula is C28H24F2N8O. The SMILES string of the molecule is CC(C)(C)C(O)Nc1cncc(-c2cnc3n[nH]c(-c4nc5c(-c6cccc(F)c6)nccc5[nH]4)c3c2F)c1. The molecule has 0 aliphatic rings. The first kappa shape index (κ1) is 24.6. The van der Waals surface area contributed by atoms with Crippen LogP contribution in [0.5, 0.6) is 0 Å². The van der Waals surface area contributed by atoms with E-state index in [4.69, 9.17) is 0 Å². The van der Waals surface area contributed by atoms with E-state index in [0.29, 0.717) is 45.1 Å². The van der Waals surface area contributed by atoms with E-state index >= 15 is 4.39 Å². The Balaban J connectivity index is 1.44. The third kappa shape index (κ3) is 4.46. The highest BCUT2D eigenvalue weighted by molar-refractivity contribution is 5.96. The van der Waals surface area contributed by atoms with Gasteiger partial charge in [0.1, 0.15) is 29.1 Å². The van der Waals surface area contributed by atoms with Gasteiger partial charge in [-0.2, -0.15) is 5.10 Å². The van der Waals surface area contributed by atoms with E-state index in [9.17, 15) is 9.50 Å². The summed E-state index contributed by atoms with van der Waals surface area (Å²) >= 11 is 0. The summed E-state index contributed by atoms with van der Waals surface area (Å²) in [4.78, 5) is 20.8. The average Bonchev–Trinajstić information content (AvgIpc) is 3.53. The van der Waals surface area contributed by atoms with Gasteiger partial charge in [-0.15, -0.1) is 0 Å². The van der Waals surface area contributed by atoms with Crippen LogP contribution in [0.3, 0.4) is 0 Å². The summed E-state index contributed by atoms with van der Waals surface area (Å²) in [5.74, 6) is -0.607. The van der Waals surface area contributed by atoms with Crippen LogP contribution in [-0.2, 0) is 0 Å². The molecule has 0 saturated carbocycles. The first-order valence-corrected chi connectivity index (χ1v) is 12.2. The number of H-pyrrole nitrogens is 2. The van der Waals surface area contributed by atoms with Crippen molar-refractivity contribution >= 4 is 27.8 Å². The monoisotopic (exact) mass is 526 g/mol. The highest BCUT2D eigenvalue weighted by Crippen LogP contribution is 2.34. The first-order valence-electron chi connectivity index (χ1n) is 12.2. The number of aromatic nitrogens is 7. The summed E-state index contributed by atoms with van der Waals surface area (Å²) in [5.41, 5.74) is 3.51. The number of aromatic amines is 2. The van der Waals surface area contributed by atoms with Crippen molar-refractivity contribution in [2.24, 2.45) is 5.41 Å². The van der Waals surface area contributed by atoms with E-state index in [2.05, 4.69) is 40.4 Å². The number of benzene rings is 1. The molecule has 9 nitrogen and oxygen atoms in total. The maximum atomic E-state index is 16.1. The van der Waals surface area contributed by atoms with Crippen LogP contribution in [0.25, 0.3) is 56.0 Å². The summed E-state index contributed by atoms with van der Waals surface area (Å²) in [7, 11) is 0. The molecule has 0 amide bonds. The van der Waals surface area contributed by atoms with Crippen LogP contribution < -0.4 is 5.32 Å². The zero-order valence-corrected chi connectivity index (χ0v) is 21.3. The Bertz CT molecular complexity index is 1840. The number of halogens is 2. The number of hydrogen-bond donors (Lipinski definition) is 4. The number of anilines is 1. The van der Waals surface area contributed by atoms with E-state index in [0.717, 1.165) is 0 Å². The smallest absolute Gasteiger partial charge is 0.184 e. The van der Waals surface area contributed by atoms with Crippen molar-refractivity contribution in [1.82, 2.24) is 35.1 Å². The zero-order valence-electron chi connectivity index (χ0n) is 21.3. The number of hydrogen-bond acceptors (Lipinski definition) is 7. The number of pyridine rings is 3. The van der Waals surface area contributed by atoms with Gasteiger partial charge in [-0.1, -0.05) is 32.9 Å². The van der Waals surface area contributed by atoms with Crippen LogP contribution in [0.1, 0.15) is 20.8 Å². The first-order chi connectivity index (χ1) is 18.7. The molecule has 1 aromatic carbocycles. The van der Waals surface area contributed by atoms with Gasteiger partial charge in [0.2, 0.25) is 0 Å². The molecule has 0 radical (unpaired) electrons. The lowest BCUT2D eigenvalue weighted by Gasteiger charge is -2.27. The third-order valence-corrected chi connectivity index (χ3v) is 6.43. The summed E-state index contributed by atoms with van der Waals surface area (Å²) in [6.07, 6.45) is 5.25. The quantitative estimate of drug-likeness (QED) is 0.213. The van der Waals surface area contributed by atoms with E-state index in [-0.39, 0.29) is 22.4 Å². The van der Waals surface area contributed by atoms with Gasteiger partial charge in [-0.3, -0.25) is 15.1 Å². The predicted molar refractivity (Wildman–Crippen MR) is 144 cm³/mol. The number of rotatable bonds is 5. The topological polar surface area (TPSA) is 128 Å². The minimum Gasteiger partial charge on any atom is -0.373 e. The Hall–Kier alpha value is -4.77. The van der Waals surface area contributed by atoms with Crippen molar-refractivity contribution < 1.29 is 13.9 Å². The minimum absolute atomic E-state index is 0.153. The van der Waals surface area contributed by atoms with Gasteiger partial charge in [0.05, 0.1) is 28.5 Å². The molecule has 0 fully saturated rings. The Morgan fingerprint density at radius 3 is 2.64 bits per heavy atom. The van der Waals surface area contributed by atoms with Crippen LogP contribution in [0, 0.1) is 17.0 Å². The Kier molecular flexibility index (Phi) is 5.80. The van der Waals surface area contributed by atoms with Gasteiger partial charge in [0.15, 0.2) is 11.5 Å². The molecule has 39 heavy (non-hydrogen) atoms. The molecule has 1 unspecified atom stereocenters. The van der Waals surface area contributed by atoms with Crippen LogP contribution in [-0.4, -0.2) is 46.5 Å². The fourth-order valence-corrected chi connectivity index (χ4v) is 4.26. The number of aliphatic hydroxyl groups is 1. The fraction of sp³-hybridized carbons (Fsp3) is 0.179. The second-order valence-electron chi connectivity index (χ2n) is 10.3. The predicted octanol–water partition coefficient (Wildman–Crippen LogP) is 5.68. The Morgan fingerprint density at radius 2 is 1.85 bits per heavy atom. The highest BCUT2D eigenvalue weighted by atomic mass is 19.1. The molecule has 0 saturated heterocycles. The van der Waals surface area contributed by atoms with E-state index in [1.54, 1.807) is 36.7 Å². The molecule has 5 heterocycles. The Morgan fingerprint density at radius 1 is 1.00 bits per heavy atom. The van der Waals surface area contributed by atoms with Crippen molar-refractivity contribution in [3.63, 3.8) is 0 Å². The molecule has 0 spiro atoms. The van der Waals surface area contributed by atoms with Gasteiger partial charge in [0.25, 0.3) is 0 Å². The maximum Gasteiger partial charge on any atom is 0.184 e. The summed E-state index contributed by atoms with van der Waals surface area (Å²) in [5, 5.41) is 20.6. The van der Waals surface area contributed by atoms with Crippen LogP contribution >= 0.6 is 0 Å². The average molecular weight is 527 g/mol. The standard InChI is InChI=1S/C28H24F2N8O/c1-28(2,3)27(39)34-17-10-15(11-31-12-17)18-13-33-25-20(21(18)30)24(37-38-25)26-35-19-7-8-32-22(23(19)36-26)14-5-4-6-16(29)9-14/h4-13,27,34,39H,1-3H3,(H,35,36)(H,33,37,38). The van der Waals surface area contributed by atoms with Crippen LogP contribution in [0.15, 0.2) is 61.2 Å². The Labute approximate surface area is 221 Å². The van der Waals surface area contributed by atoms with Crippen molar-refractivity contribution in [3.8, 4) is 33.9 Å². The number of nitrogens with zero attached hydrogens (tertiary/aromatic N) is 5. The number of aliphatic hydroxyl groups excluding tert-OH is 1. The number of imidazole rings is 1. The lowest BCUT2D eigenvalue weighted by molar-refractivity contribution is 0.0880. The third-order valence-electron chi connectivity index (χ3n) is 6.43. The molecule has 6 rings (SSSR count). The van der Waals surface area contributed by atoms with Gasteiger partial charge in [0, 0.05) is 40.7 Å². The number of nitrogens with one attached hydrogen (secondary N) is 3. The summed E-state index contributed by atoms with van der Waals surface area (Å²) in [6, 6.07) is 9.53. The van der Waals surface area contributed by atoms with Crippen molar-refractivity contribution in [2.45, 2.75) is 27.0 Å². The lowest BCUT2D eigenvalue weighted by atomic mass is 9.94. The van der Waals surface area contributed by atoms with Gasteiger partial charge < -0.3 is 15.4 Å². The van der Waals surface area contributed by atoms with E-state index in [1.807, 2.05) is 20.8 Å². The molecule has 0 aliphatic heterocycles. The zero-order chi connectivity index (χ0) is 27.3. The van der Waals surface area contributed by atoms with Crippen molar-refractivity contribution in [3.05, 3.63) is 72.8 Å². The number of fused-ring (bicyclic) bond motifs is 2. The second kappa shape index (κ2) is 9.21. The van der Waals surface area contributed by atoms with Gasteiger partial charge in [-0.05, 0) is 24.3 Å².